The standard InChI is InChI=1S/C15H23N3O/c1-6-17(5)15(19)13-11-12(16-4)9-10-14(13)18(7-2)8-3/h7,9-11,16H,2,6,8H2,1,3-5H3. The third-order valence-corrected chi connectivity index (χ3v) is 3.21. The molecule has 0 aliphatic rings. The van der Waals surface area contributed by atoms with Gasteiger partial charge in [0.2, 0.25) is 0 Å². The molecule has 1 rings (SSSR count). The molecule has 0 radical (unpaired) electrons. The molecule has 0 bridgehead atoms. The fourth-order valence-electron chi connectivity index (χ4n) is 1.86. The first-order valence-corrected chi connectivity index (χ1v) is 6.55. The van der Waals surface area contributed by atoms with E-state index in [0.29, 0.717) is 12.1 Å². The van der Waals surface area contributed by atoms with Crippen molar-refractivity contribution in [3.8, 4) is 0 Å². The van der Waals surface area contributed by atoms with Crippen LogP contribution in [0.4, 0.5) is 11.4 Å². The SMILES string of the molecule is C=CN(CC)c1ccc(NC)cc1C(=O)N(C)CC. The highest BCUT2D eigenvalue weighted by atomic mass is 16.2. The van der Waals surface area contributed by atoms with Gasteiger partial charge in [0.15, 0.2) is 0 Å². The van der Waals surface area contributed by atoms with Crippen LogP contribution in [0.15, 0.2) is 31.0 Å². The van der Waals surface area contributed by atoms with Crippen LogP contribution in [-0.2, 0) is 0 Å². The monoisotopic (exact) mass is 261 g/mol. The molecule has 1 N–H and O–H groups in total. The van der Waals surface area contributed by atoms with E-state index in [1.54, 1.807) is 11.1 Å². The van der Waals surface area contributed by atoms with E-state index in [4.69, 9.17) is 0 Å². The number of nitrogens with zero attached hydrogens (tertiary/aromatic N) is 2. The van der Waals surface area contributed by atoms with Gasteiger partial charge >= 0.3 is 0 Å². The van der Waals surface area contributed by atoms with Crippen LogP contribution in [0.3, 0.4) is 0 Å². The zero-order chi connectivity index (χ0) is 14.4. The van der Waals surface area contributed by atoms with E-state index >= 15 is 0 Å². The number of hydrogen-bond donors (Lipinski definition) is 1. The van der Waals surface area contributed by atoms with Gasteiger partial charge in [-0.1, -0.05) is 6.58 Å². The number of rotatable bonds is 6. The van der Waals surface area contributed by atoms with Crippen LogP contribution in [0.25, 0.3) is 0 Å². The van der Waals surface area contributed by atoms with E-state index in [9.17, 15) is 4.79 Å². The van der Waals surface area contributed by atoms with Gasteiger partial charge < -0.3 is 15.1 Å². The van der Waals surface area contributed by atoms with Crippen molar-refractivity contribution in [2.24, 2.45) is 0 Å². The number of benzene rings is 1. The summed E-state index contributed by atoms with van der Waals surface area (Å²) in [7, 11) is 3.65. The number of nitrogens with one attached hydrogen (secondary N) is 1. The molecule has 1 aromatic rings. The van der Waals surface area contributed by atoms with E-state index in [0.717, 1.165) is 17.9 Å². The molecule has 0 aliphatic heterocycles. The fraction of sp³-hybridized carbons (Fsp3) is 0.400. The summed E-state index contributed by atoms with van der Waals surface area (Å²) in [6.45, 7) is 9.26. The largest absolute Gasteiger partial charge is 0.388 e. The lowest BCUT2D eigenvalue weighted by atomic mass is 10.1. The van der Waals surface area contributed by atoms with Crippen molar-refractivity contribution < 1.29 is 4.79 Å². The summed E-state index contributed by atoms with van der Waals surface area (Å²) in [6.07, 6.45) is 1.75. The highest BCUT2D eigenvalue weighted by molar-refractivity contribution is 6.00. The molecular formula is C15H23N3O. The predicted molar refractivity (Wildman–Crippen MR) is 81.8 cm³/mol. The van der Waals surface area contributed by atoms with Gasteiger partial charge in [0.05, 0.1) is 11.3 Å². The van der Waals surface area contributed by atoms with E-state index in [1.165, 1.54) is 0 Å². The molecule has 4 nitrogen and oxygen atoms in total. The van der Waals surface area contributed by atoms with Crippen molar-refractivity contribution in [2.45, 2.75) is 13.8 Å². The van der Waals surface area contributed by atoms with Crippen LogP contribution < -0.4 is 10.2 Å². The molecule has 0 saturated heterocycles. The second-order valence-corrected chi connectivity index (χ2v) is 4.27. The zero-order valence-corrected chi connectivity index (χ0v) is 12.2. The van der Waals surface area contributed by atoms with Crippen molar-refractivity contribution in [2.75, 3.05) is 37.4 Å². The minimum atomic E-state index is 0.0231. The maximum atomic E-state index is 12.4. The minimum Gasteiger partial charge on any atom is -0.388 e. The van der Waals surface area contributed by atoms with Crippen molar-refractivity contribution >= 4 is 17.3 Å². The number of anilines is 2. The van der Waals surface area contributed by atoms with Crippen molar-refractivity contribution in [1.82, 2.24) is 4.90 Å². The molecule has 0 fully saturated rings. The van der Waals surface area contributed by atoms with Gasteiger partial charge in [0, 0.05) is 32.9 Å². The molecule has 0 heterocycles. The molecule has 19 heavy (non-hydrogen) atoms. The Morgan fingerprint density at radius 2 is 2.05 bits per heavy atom. The lowest BCUT2D eigenvalue weighted by molar-refractivity contribution is 0.0803. The summed E-state index contributed by atoms with van der Waals surface area (Å²) in [5.74, 6) is 0.0231. The Hall–Kier alpha value is -1.97. The first-order chi connectivity index (χ1) is 9.08. The van der Waals surface area contributed by atoms with Gasteiger partial charge in [-0.05, 0) is 38.2 Å². The lowest BCUT2D eigenvalue weighted by Crippen LogP contribution is -2.28. The van der Waals surface area contributed by atoms with Gasteiger partial charge in [-0.25, -0.2) is 0 Å². The van der Waals surface area contributed by atoms with E-state index in [1.807, 2.05) is 51.0 Å². The van der Waals surface area contributed by atoms with Gasteiger partial charge in [0.25, 0.3) is 5.91 Å². The average molecular weight is 261 g/mol. The van der Waals surface area contributed by atoms with E-state index in [2.05, 4.69) is 11.9 Å². The third kappa shape index (κ3) is 3.28. The Bertz CT molecular complexity index is 457. The Morgan fingerprint density at radius 3 is 2.53 bits per heavy atom. The molecule has 0 unspecified atom stereocenters. The summed E-state index contributed by atoms with van der Waals surface area (Å²) >= 11 is 0. The van der Waals surface area contributed by atoms with Crippen LogP contribution in [-0.4, -0.2) is 38.0 Å². The molecule has 0 aromatic heterocycles. The maximum Gasteiger partial charge on any atom is 0.255 e. The second-order valence-electron chi connectivity index (χ2n) is 4.27. The molecule has 1 amide bonds. The van der Waals surface area contributed by atoms with Crippen LogP contribution in [0, 0.1) is 0 Å². The maximum absolute atomic E-state index is 12.4. The molecule has 1 aromatic carbocycles. The van der Waals surface area contributed by atoms with Crippen LogP contribution in [0.5, 0.6) is 0 Å². The fourth-order valence-corrected chi connectivity index (χ4v) is 1.86. The molecule has 0 aliphatic carbocycles. The molecule has 4 heteroatoms. The molecule has 0 atom stereocenters. The van der Waals surface area contributed by atoms with Gasteiger partial charge in [-0.2, -0.15) is 0 Å². The third-order valence-electron chi connectivity index (χ3n) is 3.21. The molecule has 104 valence electrons. The zero-order valence-electron chi connectivity index (χ0n) is 12.2. The smallest absolute Gasteiger partial charge is 0.255 e. The highest BCUT2D eigenvalue weighted by Gasteiger charge is 2.17. The van der Waals surface area contributed by atoms with Gasteiger partial charge in [-0.15, -0.1) is 0 Å². The van der Waals surface area contributed by atoms with Gasteiger partial charge in [0.1, 0.15) is 0 Å². The number of carbonyl (C=O) groups is 1. The van der Waals surface area contributed by atoms with Crippen molar-refractivity contribution in [1.29, 1.82) is 0 Å². The quantitative estimate of drug-likeness (QED) is 0.855. The molecule has 0 saturated carbocycles. The van der Waals surface area contributed by atoms with E-state index in [-0.39, 0.29) is 5.91 Å². The first kappa shape index (κ1) is 15.1. The van der Waals surface area contributed by atoms with Crippen molar-refractivity contribution in [3.05, 3.63) is 36.5 Å². The summed E-state index contributed by atoms with van der Waals surface area (Å²) in [5.41, 5.74) is 2.51. The number of hydrogen-bond acceptors (Lipinski definition) is 3. The Balaban J connectivity index is 3.30. The Kier molecular flexibility index (Phi) is 5.42. The Labute approximate surface area is 115 Å². The normalized spacial score (nSPS) is 9.89. The average Bonchev–Trinajstić information content (AvgIpc) is 2.47. The van der Waals surface area contributed by atoms with Crippen LogP contribution in [0.2, 0.25) is 0 Å². The molecular weight excluding hydrogens is 238 g/mol. The highest BCUT2D eigenvalue weighted by Crippen LogP contribution is 2.25. The number of carbonyl (C=O) groups excluding carboxylic acids is 1. The lowest BCUT2D eigenvalue weighted by Gasteiger charge is -2.24. The van der Waals surface area contributed by atoms with Crippen LogP contribution in [0.1, 0.15) is 24.2 Å². The predicted octanol–water partition coefficient (Wildman–Crippen LogP) is 2.79. The van der Waals surface area contributed by atoms with Gasteiger partial charge in [-0.3, -0.25) is 4.79 Å². The Morgan fingerprint density at radius 1 is 1.37 bits per heavy atom. The topological polar surface area (TPSA) is 35.6 Å². The number of amides is 1. The first-order valence-electron chi connectivity index (χ1n) is 6.55. The summed E-state index contributed by atoms with van der Waals surface area (Å²) in [4.78, 5) is 16.1. The summed E-state index contributed by atoms with van der Waals surface area (Å²) < 4.78 is 0. The van der Waals surface area contributed by atoms with Crippen LogP contribution >= 0.6 is 0 Å². The summed E-state index contributed by atoms with van der Waals surface area (Å²) in [5, 5.41) is 3.07. The van der Waals surface area contributed by atoms with E-state index < -0.39 is 0 Å². The molecule has 0 spiro atoms. The minimum absolute atomic E-state index is 0.0231. The summed E-state index contributed by atoms with van der Waals surface area (Å²) in [6, 6.07) is 5.80. The second kappa shape index (κ2) is 6.83. The van der Waals surface area contributed by atoms with Crippen molar-refractivity contribution in [3.63, 3.8) is 0 Å².